The third-order valence-electron chi connectivity index (χ3n) is 2.67. The summed E-state index contributed by atoms with van der Waals surface area (Å²) >= 11 is 0. The standard InChI is InChI=1S/C11H13N7O3S/c1-5-4-6(22(19,20)21)2-3-7(5)17-18-8-9(12)15-11(14)16-10(8)13/h2-4H,1H3,(H,19,20,21)(H6,12,13,14,15,16)/p-1. The van der Waals surface area contributed by atoms with Gasteiger partial charge in [0, 0.05) is 0 Å². The Kier molecular flexibility index (Phi) is 3.93. The van der Waals surface area contributed by atoms with Gasteiger partial charge in [0.2, 0.25) is 5.95 Å². The van der Waals surface area contributed by atoms with E-state index < -0.39 is 10.1 Å². The molecule has 0 saturated heterocycles. The van der Waals surface area contributed by atoms with Crippen molar-refractivity contribution in [2.45, 2.75) is 11.8 Å². The van der Waals surface area contributed by atoms with E-state index >= 15 is 0 Å². The van der Waals surface area contributed by atoms with E-state index in [9.17, 15) is 13.0 Å². The SMILES string of the molecule is Cc1cc(S(=O)(=O)[O-])ccc1N=Nc1c(N)nc(N)nc1N. The van der Waals surface area contributed by atoms with Gasteiger partial charge in [-0.05, 0) is 30.7 Å². The van der Waals surface area contributed by atoms with E-state index in [0.29, 0.717) is 11.3 Å². The Labute approximate surface area is 125 Å². The summed E-state index contributed by atoms with van der Waals surface area (Å²) in [6.45, 7) is 1.58. The lowest BCUT2D eigenvalue weighted by atomic mass is 10.2. The fraction of sp³-hybridized carbons (Fsp3) is 0.0909. The van der Waals surface area contributed by atoms with E-state index in [1.165, 1.54) is 12.1 Å². The van der Waals surface area contributed by atoms with Crippen molar-refractivity contribution in [1.29, 1.82) is 0 Å². The molecule has 10 nitrogen and oxygen atoms in total. The molecule has 0 spiro atoms. The van der Waals surface area contributed by atoms with Gasteiger partial charge in [-0.2, -0.15) is 15.1 Å². The maximum atomic E-state index is 10.9. The Hall–Kier alpha value is -2.79. The number of benzene rings is 1. The summed E-state index contributed by atoms with van der Waals surface area (Å²) in [5, 5.41) is 7.73. The number of aryl methyl sites for hydroxylation is 1. The van der Waals surface area contributed by atoms with Crippen LogP contribution in [0.15, 0.2) is 33.3 Å². The normalized spacial score (nSPS) is 11.9. The molecule has 0 fully saturated rings. The molecule has 0 saturated carbocycles. The van der Waals surface area contributed by atoms with Crippen LogP contribution >= 0.6 is 0 Å². The largest absolute Gasteiger partial charge is 0.744 e. The molecule has 1 aromatic carbocycles. The highest BCUT2D eigenvalue weighted by molar-refractivity contribution is 7.85. The van der Waals surface area contributed by atoms with Crippen molar-refractivity contribution in [3.05, 3.63) is 23.8 Å². The van der Waals surface area contributed by atoms with Crippen molar-refractivity contribution in [3.63, 3.8) is 0 Å². The molecule has 2 rings (SSSR count). The number of hydrogen-bond acceptors (Lipinski definition) is 10. The second-order valence-corrected chi connectivity index (χ2v) is 5.68. The summed E-state index contributed by atoms with van der Waals surface area (Å²) < 4.78 is 32.8. The van der Waals surface area contributed by atoms with Crippen molar-refractivity contribution < 1.29 is 13.0 Å². The second-order valence-electron chi connectivity index (χ2n) is 4.30. The molecule has 0 aliphatic heterocycles. The third kappa shape index (κ3) is 3.27. The van der Waals surface area contributed by atoms with E-state index in [1.807, 2.05) is 0 Å². The highest BCUT2D eigenvalue weighted by Crippen LogP contribution is 2.30. The molecule has 22 heavy (non-hydrogen) atoms. The van der Waals surface area contributed by atoms with E-state index in [2.05, 4.69) is 20.2 Å². The maximum Gasteiger partial charge on any atom is 0.224 e. The van der Waals surface area contributed by atoms with Gasteiger partial charge in [0.05, 0.1) is 10.6 Å². The minimum absolute atomic E-state index is 0.0369. The van der Waals surface area contributed by atoms with Crippen LogP contribution in [0.1, 0.15) is 5.56 Å². The van der Waals surface area contributed by atoms with Gasteiger partial charge in [0.1, 0.15) is 10.1 Å². The third-order valence-corrected chi connectivity index (χ3v) is 3.50. The molecule has 1 heterocycles. The first-order valence-electron chi connectivity index (χ1n) is 5.85. The van der Waals surface area contributed by atoms with Gasteiger partial charge < -0.3 is 21.8 Å². The maximum absolute atomic E-state index is 10.9. The summed E-state index contributed by atoms with van der Waals surface area (Å²) in [6, 6.07) is 3.67. The number of aromatic nitrogens is 2. The molecule has 6 N–H and O–H groups in total. The number of azo groups is 1. The number of nitrogens with zero attached hydrogens (tertiary/aromatic N) is 4. The zero-order chi connectivity index (χ0) is 16.5. The summed E-state index contributed by atoms with van der Waals surface area (Å²) in [5.74, 6) is -0.162. The van der Waals surface area contributed by atoms with Crippen LogP contribution < -0.4 is 17.2 Å². The number of nitrogens with two attached hydrogens (primary N) is 3. The summed E-state index contributed by atoms with van der Waals surface area (Å²) in [4.78, 5) is 7.06. The van der Waals surface area contributed by atoms with E-state index in [0.717, 1.165) is 6.07 Å². The van der Waals surface area contributed by atoms with Crippen LogP contribution in [0.4, 0.5) is 29.0 Å². The van der Waals surface area contributed by atoms with Crippen molar-refractivity contribution in [2.75, 3.05) is 17.2 Å². The Morgan fingerprint density at radius 2 is 1.68 bits per heavy atom. The van der Waals surface area contributed by atoms with Gasteiger partial charge in [0.15, 0.2) is 17.3 Å². The van der Waals surface area contributed by atoms with Crippen LogP contribution in [0.5, 0.6) is 0 Å². The van der Waals surface area contributed by atoms with Gasteiger partial charge in [-0.3, -0.25) is 0 Å². The Morgan fingerprint density at radius 1 is 1.09 bits per heavy atom. The predicted molar refractivity (Wildman–Crippen MR) is 78.6 cm³/mol. The Balaban J connectivity index is 2.40. The first-order chi connectivity index (χ1) is 10.2. The average molecular weight is 322 g/mol. The van der Waals surface area contributed by atoms with Crippen LogP contribution in [0.25, 0.3) is 0 Å². The van der Waals surface area contributed by atoms with Crippen LogP contribution in [-0.2, 0) is 10.1 Å². The van der Waals surface area contributed by atoms with Crippen molar-refractivity contribution in [1.82, 2.24) is 9.97 Å². The van der Waals surface area contributed by atoms with Gasteiger partial charge in [-0.25, -0.2) is 8.42 Å². The first-order valence-corrected chi connectivity index (χ1v) is 7.26. The number of rotatable bonds is 3. The average Bonchev–Trinajstić information content (AvgIpc) is 2.37. The Morgan fingerprint density at radius 3 is 2.18 bits per heavy atom. The zero-order valence-corrected chi connectivity index (χ0v) is 12.2. The van der Waals surface area contributed by atoms with Crippen LogP contribution in [-0.4, -0.2) is 22.9 Å². The van der Waals surface area contributed by atoms with Crippen LogP contribution in [0, 0.1) is 6.92 Å². The molecule has 2 aromatic rings. The molecule has 0 bridgehead atoms. The molecule has 0 unspecified atom stereocenters. The zero-order valence-electron chi connectivity index (χ0n) is 11.4. The quantitative estimate of drug-likeness (QED) is 0.547. The Bertz CT molecular complexity index is 841. The smallest absolute Gasteiger partial charge is 0.224 e. The van der Waals surface area contributed by atoms with Gasteiger partial charge >= 0.3 is 0 Å². The molecular weight excluding hydrogens is 310 g/mol. The number of hydrogen-bond donors (Lipinski definition) is 3. The fourth-order valence-electron chi connectivity index (χ4n) is 1.61. The number of anilines is 3. The predicted octanol–water partition coefficient (Wildman–Crippen LogP) is 0.851. The lowest BCUT2D eigenvalue weighted by molar-refractivity contribution is 0.463. The molecule has 0 amide bonds. The van der Waals surface area contributed by atoms with E-state index in [-0.39, 0.29) is 28.2 Å². The molecular formula is C11H12N7O3S-. The molecule has 0 radical (unpaired) electrons. The molecule has 0 atom stereocenters. The first kappa shape index (κ1) is 15.6. The van der Waals surface area contributed by atoms with Gasteiger partial charge in [-0.1, -0.05) is 0 Å². The molecule has 116 valence electrons. The van der Waals surface area contributed by atoms with E-state index in [1.54, 1.807) is 6.92 Å². The summed E-state index contributed by atoms with van der Waals surface area (Å²) in [6.07, 6.45) is 0. The monoisotopic (exact) mass is 322 g/mol. The minimum Gasteiger partial charge on any atom is -0.744 e. The van der Waals surface area contributed by atoms with Crippen molar-refractivity contribution in [2.24, 2.45) is 10.2 Å². The summed E-state index contributed by atoms with van der Waals surface area (Å²) in [5.41, 5.74) is 17.4. The lowest BCUT2D eigenvalue weighted by Crippen LogP contribution is -2.03. The second kappa shape index (κ2) is 5.54. The van der Waals surface area contributed by atoms with Crippen molar-refractivity contribution in [3.8, 4) is 0 Å². The minimum atomic E-state index is -4.52. The van der Waals surface area contributed by atoms with Crippen LogP contribution in [0.2, 0.25) is 0 Å². The van der Waals surface area contributed by atoms with Gasteiger partial charge in [-0.15, -0.1) is 5.11 Å². The molecule has 11 heteroatoms. The molecule has 0 aliphatic carbocycles. The van der Waals surface area contributed by atoms with Crippen LogP contribution in [0.3, 0.4) is 0 Å². The highest BCUT2D eigenvalue weighted by Gasteiger charge is 2.09. The van der Waals surface area contributed by atoms with Crippen molar-refractivity contribution >= 4 is 39.1 Å². The topological polar surface area (TPSA) is 186 Å². The van der Waals surface area contributed by atoms with Gasteiger partial charge in [0.25, 0.3) is 0 Å². The molecule has 0 aliphatic rings. The number of nitrogen functional groups attached to an aromatic ring is 3. The highest BCUT2D eigenvalue weighted by atomic mass is 32.2. The summed E-state index contributed by atoms with van der Waals surface area (Å²) in [7, 11) is -4.52. The lowest BCUT2D eigenvalue weighted by Gasteiger charge is -2.08. The fourth-order valence-corrected chi connectivity index (χ4v) is 2.17. The molecule has 1 aromatic heterocycles. The van der Waals surface area contributed by atoms with E-state index in [4.69, 9.17) is 17.2 Å².